The first-order valence-electron chi connectivity index (χ1n) is 4.86. The first-order valence-corrected chi connectivity index (χ1v) is 4.86. The maximum absolute atomic E-state index is 11.7. The number of hydrogen-bond donors (Lipinski definition) is 1. The molecule has 0 radical (unpaired) electrons. The molecule has 1 unspecified atom stereocenters. The maximum atomic E-state index is 11.7. The lowest BCUT2D eigenvalue weighted by Crippen LogP contribution is -2.52. The molecule has 0 heterocycles. The van der Waals surface area contributed by atoms with E-state index in [1.54, 1.807) is 20.8 Å². The van der Waals surface area contributed by atoms with Crippen LogP contribution in [0.25, 0.3) is 0 Å². The van der Waals surface area contributed by atoms with E-state index < -0.39 is 22.6 Å². The van der Waals surface area contributed by atoms with Crippen LogP contribution in [0.15, 0.2) is 0 Å². The third-order valence-corrected chi connectivity index (χ3v) is 2.35. The Labute approximate surface area is 90.6 Å². The fourth-order valence-electron chi connectivity index (χ4n) is 0.755. The Bertz CT molecular complexity index is 258. The monoisotopic (exact) mass is 216 g/mol. The zero-order valence-corrected chi connectivity index (χ0v) is 10.2. The Hall–Kier alpha value is -0.900. The van der Waals surface area contributed by atoms with Crippen LogP contribution in [0.5, 0.6) is 0 Å². The summed E-state index contributed by atoms with van der Waals surface area (Å²) in [5.74, 6) is -0.785. The first kappa shape index (κ1) is 14.1. The summed E-state index contributed by atoms with van der Waals surface area (Å²) in [6.45, 7) is 9.38. The summed E-state index contributed by atoms with van der Waals surface area (Å²) in [7, 11) is 0. The average molecular weight is 216 g/mol. The molecule has 0 aromatic heterocycles. The minimum Gasteiger partial charge on any atom is -0.458 e. The van der Waals surface area contributed by atoms with Crippen molar-refractivity contribution in [2.45, 2.75) is 52.7 Å². The molecule has 0 rings (SSSR count). The van der Waals surface area contributed by atoms with Crippen LogP contribution < -0.4 is 0 Å². The predicted octanol–water partition coefficient (Wildman–Crippen LogP) is 1.30. The molecule has 0 aliphatic carbocycles. The highest BCUT2D eigenvalue weighted by Crippen LogP contribution is 2.30. The number of carbonyl (C=O) groups is 2. The van der Waals surface area contributed by atoms with Crippen molar-refractivity contribution < 1.29 is 19.4 Å². The highest BCUT2D eigenvalue weighted by atomic mass is 16.6. The van der Waals surface area contributed by atoms with Gasteiger partial charge in [-0.25, -0.2) is 4.79 Å². The van der Waals surface area contributed by atoms with Gasteiger partial charge in [0, 0.05) is 0 Å². The zero-order chi connectivity index (χ0) is 12.5. The van der Waals surface area contributed by atoms with Crippen LogP contribution in [-0.2, 0) is 14.3 Å². The van der Waals surface area contributed by atoms with Crippen molar-refractivity contribution in [2.75, 3.05) is 0 Å². The van der Waals surface area contributed by atoms with E-state index in [-0.39, 0.29) is 0 Å². The molecule has 0 spiro atoms. The van der Waals surface area contributed by atoms with E-state index in [0.29, 0.717) is 6.29 Å². The van der Waals surface area contributed by atoms with Gasteiger partial charge in [0.2, 0.25) is 0 Å². The molecule has 0 aromatic rings. The summed E-state index contributed by atoms with van der Waals surface area (Å²) in [5, 5.41) is 9.97. The summed E-state index contributed by atoms with van der Waals surface area (Å²) in [6, 6.07) is 0. The average Bonchev–Trinajstić information content (AvgIpc) is 2.00. The SMILES string of the molecule is CC(C)(C)OC(=O)C(C)(O)C(C)(C)C=O. The van der Waals surface area contributed by atoms with Crippen LogP contribution >= 0.6 is 0 Å². The van der Waals surface area contributed by atoms with E-state index in [0.717, 1.165) is 0 Å². The largest absolute Gasteiger partial charge is 0.458 e. The van der Waals surface area contributed by atoms with Gasteiger partial charge in [0.05, 0.1) is 5.41 Å². The molecule has 0 aromatic carbocycles. The van der Waals surface area contributed by atoms with E-state index in [2.05, 4.69) is 0 Å². The minimum atomic E-state index is -1.82. The summed E-state index contributed by atoms with van der Waals surface area (Å²) in [6.07, 6.45) is 0.552. The lowest BCUT2D eigenvalue weighted by molar-refractivity contribution is -0.187. The van der Waals surface area contributed by atoms with E-state index in [4.69, 9.17) is 4.74 Å². The van der Waals surface area contributed by atoms with Gasteiger partial charge in [-0.15, -0.1) is 0 Å². The van der Waals surface area contributed by atoms with Crippen molar-refractivity contribution in [3.63, 3.8) is 0 Å². The maximum Gasteiger partial charge on any atom is 0.339 e. The van der Waals surface area contributed by atoms with Crippen molar-refractivity contribution in [3.05, 3.63) is 0 Å². The Morgan fingerprint density at radius 2 is 1.53 bits per heavy atom. The van der Waals surface area contributed by atoms with E-state index in [1.807, 2.05) is 0 Å². The van der Waals surface area contributed by atoms with Gasteiger partial charge in [0.15, 0.2) is 5.60 Å². The summed E-state index contributed by atoms with van der Waals surface area (Å²) in [5.41, 5.74) is -3.67. The van der Waals surface area contributed by atoms with Crippen molar-refractivity contribution >= 4 is 12.3 Å². The van der Waals surface area contributed by atoms with Crippen LogP contribution in [0.4, 0.5) is 0 Å². The topological polar surface area (TPSA) is 63.6 Å². The van der Waals surface area contributed by atoms with Crippen LogP contribution in [-0.4, -0.2) is 28.6 Å². The van der Waals surface area contributed by atoms with Crippen LogP contribution in [0, 0.1) is 5.41 Å². The molecule has 0 fully saturated rings. The lowest BCUT2D eigenvalue weighted by Gasteiger charge is -2.35. The molecule has 4 nitrogen and oxygen atoms in total. The molecule has 4 heteroatoms. The normalized spacial score (nSPS) is 16.7. The molecule has 0 aliphatic rings. The first-order chi connectivity index (χ1) is 6.44. The fourth-order valence-corrected chi connectivity index (χ4v) is 0.755. The van der Waals surface area contributed by atoms with E-state index in [1.165, 1.54) is 20.8 Å². The molecule has 1 atom stereocenters. The summed E-state index contributed by atoms with van der Waals surface area (Å²) in [4.78, 5) is 22.4. The number of carbonyl (C=O) groups excluding carboxylic acids is 2. The van der Waals surface area contributed by atoms with Crippen molar-refractivity contribution in [3.8, 4) is 0 Å². The molecule has 0 saturated carbocycles. The van der Waals surface area contributed by atoms with Gasteiger partial charge in [0.25, 0.3) is 0 Å². The molecule has 15 heavy (non-hydrogen) atoms. The van der Waals surface area contributed by atoms with Crippen molar-refractivity contribution in [1.82, 2.24) is 0 Å². The fraction of sp³-hybridized carbons (Fsp3) is 0.818. The highest BCUT2D eigenvalue weighted by molar-refractivity contribution is 5.85. The molecule has 0 bridgehead atoms. The number of ether oxygens (including phenoxy) is 1. The van der Waals surface area contributed by atoms with Crippen LogP contribution in [0.2, 0.25) is 0 Å². The Morgan fingerprint density at radius 3 is 1.80 bits per heavy atom. The summed E-state index contributed by atoms with van der Waals surface area (Å²) >= 11 is 0. The molecular formula is C11H20O4. The van der Waals surface area contributed by atoms with E-state index in [9.17, 15) is 14.7 Å². The third-order valence-electron chi connectivity index (χ3n) is 2.35. The minimum absolute atomic E-state index is 0.552. The third kappa shape index (κ3) is 3.30. The number of esters is 1. The second-order valence-corrected chi connectivity index (χ2v) is 5.41. The van der Waals surface area contributed by atoms with Gasteiger partial charge in [-0.3, -0.25) is 0 Å². The lowest BCUT2D eigenvalue weighted by atomic mass is 9.77. The molecular weight excluding hydrogens is 196 g/mol. The predicted molar refractivity (Wildman–Crippen MR) is 56.3 cm³/mol. The smallest absolute Gasteiger partial charge is 0.339 e. The van der Waals surface area contributed by atoms with Gasteiger partial charge in [-0.05, 0) is 41.5 Å². The second kappa shape index (κ2) is 3.93. The quantitative estimate of drug-likeness (QED) is 0.570. The van der Waals surface area contributed by atoms with Gasteiger partial charge in [0.1, 0.15) is 11.9 Å². The zero-order valence-electron chi connectivity index (χ0n) is 10.2. The number of aldehydes is 1. The Morgan fingerprint density at radius 1 is 1.13 bits per heavy atom. The number of aliphatic hydroxyl groups is 1. The number of hydrogen-bond acceptors (Lipinski definition) is 4. The van der Waals surface area contributed by atoms with Crippen LogP contribution in [0.3, 0.4) is 0 Å². The van der Waals surface area contributed by atoms with Gasteiger partial charge in [-0.2, -0.15) is 0 Å². The summed E-state index contributed by atoms with van der Waals surface area (Å²) < 4.78 is 5.04. The molecule has 0 aliphatic heterocycles. The van der Waals surface area contributed by atoms with Gasteiger partial charge < -0.3 is 14.6 Å². The second-order valence-electron chi connectivity index (χ2n) is 5.41. The highest BCUT2D eigenvalue weighted by Gasteiger charge is 2.48. The number of rotatable bonds is 3. The molecule has 0 saturated heterocycles. The van der Waals surface area contributed by atoms with Gasteiger partial charge >= 0.3 is 5.97 Å². The molecule has 1 N–H and O–H groups in total. The van der Waals surface area contributed by atoms with Crippen molar-refractivity contribution in [1.29, 1.82) is 0 Å². The standard InChI is InChI=1S/C11H20O4/c1-9(2,3)15-8(13)11(6,14)10(4,5)7-12/h7,14H,1-6H3. The van der Waals surface area contributed by atoms with Gasteiger partial charge in [-0.1, -0.05) is 0 Å². The van der Waals surface area contributed by atoms with Crippen molar-refractivity contribution in [2.24, 2.45) is 5.41 Å². The van der Waals surface area contributed by atoms with Crippen LogP contribution in [0.1, 0.15) is 41.5 Å². The molecule has 88 valence electrons. The molecule has 0 amide bonds. The Balaban J connectivity index is 4.90. The van der Waals surface area contributed by atoms with E-state index >= 15 is 0 Å². The Kier molecular flexibility index (Phi) is 3.69.